The molecule has 0 aliphatic carbocycles. The standard InChI is InChI=1S/C14H16N4O3/c19-13(18-21)7-16-14(20)11-5-9-8-3-1-2-4-10(8)17-12(9)6-15-11/h1-4,11,15,17,21H,5-7H2,(H,16,20)(H,18,19)/t11-/m0/s1. The van der Waals surface area contributed by atoms with Crippen molar-refractivity contribution in [3.8, 4) is 0 Å². The molecule has 0 saturated heterocycles. The monoisotopic (exact) mass is 288 g/mol. The quantitative estimate of drug-likeness (QED) is 0.398. The highest BCUT2D eigenvalue weighted by atomic mass is 16.5. The second kappa shape index (κ2) is 5.55. The van der Waals surface area contributed by atoms with E-state index in [1.54, 1.807) is 0 Å². The van der Waals surface area contributed by atoms with Gasteiger partial charge in [-0.25, -0.2) is 5.48 Å². The summed E-state index contributed by atoms with van der Waals surface area (Å²) in [5.74, 6) is -0.901. The van der Waals surface area contributed by atoms with Gasteiger partial charge in [0.15, 0.2) is 0 Å². The molecule has 21 heavy (non-hydrogen) atoms. The van der Waals surface area contributed by atoms with Crippen molar-refractivity contribution in [2.24, 2.45) is 0 Å². The van der Waals surface area contributed by atoms with Gasteiger partial charge in [-0.1, -0.05) is 18.2 Å². The van der Waals surface area contributed by atoms with E-state index in [0.717, 1.165) is 22.2 Å². The maximum atomic E-state index is 12.0. The van der Waals surface area contributed by atoms with E-state index in [4.69, 9.17) is 5.21 Å². The molecule has 2 aromatic rings. The molecule has 1 aromatic carbocycles. The van der Waals surface area contributed by atoms with Gasteiger partial charge in [0.1, 0.15) is 0 Å². The second-order valence-corrected chi connectivity index (χ2v) is 5.02. The summed E-state index contributed by atoms with van der Waals surface area (Å²) in [5.41, 5.74) is 4.77. The molecular weight excluding hydrogens is 272 g/mol. The Hall–Kier alpha value is -2.38. The number of nitrogens with one attached hydrogen (secondary N) is 4. The molecule has 2 amide bonds. The molecular formula is C14H16N4O3. The molecule has 1 aliphatic rings. The summed E-state index contributed by atoms with van der Waals surface area (Å²) >= 11 is 0. The van der Waals surface area contributed by atoms with Crippen molar-refractivity contribution in [3.05, 3.63) is 35.5 Å². The van der Waals surface area contributed by atoms with Gasteiger partial charge in [-0.3, -0.25) is 20.1 Å². The molecule has 0 saturated carbocycles. The van der Waals surface area contributed by atoms with E-state index in [1.807, 2.05) is 24.3 Å². The Kier molecular flexibility index (Phi) is 3.59. The number of aromatic nitrogens is 1. The van der Waals surface area contributed by atoms with Gasteiger partial charge in [-0.2, -0.15) is 0 Å². The van der Waals surface area contributed by atoms with E-state index in [9.17, 15) is 9.59 Å². The van der Waals surface area contributed by atoms with E-state index in [2.05, 4.69) is 15.6 Å². The van der Waals surface area contributed by atoms with Crippen LogP contribution in [0.25, 0.3) is 10.9 Å². The number of aromatic amines is 1. The van der Waals surface area contributed by atoms with Crippen LogP contribution in [-0.2, 0) is 22.6 Å². The van der Waals surface area contributed by atoms with E-state index in [-0.39, 0.29) is 18.5 Å². The first-order valence-electron chi connectivity index (χ1n) is 6.71. The average Bonchev–Trinajstić information content (AvgIpc) is 2.90. The molecule has 7 nitrogen and oxygen atoms in total. The van der Waals surface area contributed by atoms with Crippen LogP contribution in [0.2, 0.25) is 0 Å². The number of H-pyrrole nitrogens is 1. The molecule has 0 fully saturated rings. The highest BCUT2D eigenvalue weighted by molar-refractivity contribution is 5.89. The second-order valence-electron chi connectivity index (χ2n) is 5.02. The number of benzene rings is 1. The zero-order valence-electron chi connectivity index (χ0n) is 11.3. The molecule has 110 valence electrons. The van der Waals surface area contributed by atoms with Crippen molar-refractivity contribution >= 4 is 22.7 Å². The Morgan fingerprint density at radius 3 is 2.95 bits per heavy atom. The first kappa shape index (κ1) is 13.6. The van der Waals surface area contributed by atoms with Crippen LogP contribution in [0.15, 0.2) is 24.3 Å². The Morgan fingerprint density at radius 2 is 2.14 bits per heavy atom. The van der Waals surface area contributed by atoms with Gasteiger partial charge >= 0.3 is 0 Å². The highest BCUT2D eigenvalue weighted by Gasteiger charge is 2.26. The minimum atomic E-state index is -0.646. The number of para-hydroxylation sites is 1. The predicted octanol–water partition coefficient (Wildman–Crippen LogP) is -0.196. The Bertz CT molecular complexity index is 695. The number of amides is 2. The van der Waals surface area contributed by atoms with Crippen molar-refractivity contribution in [1.82, 2.24) is 21.1 Å². The molecule has 2 heterocycles. The Balaban J connectivity index is 1.74. The van der Waals surface area contributed by atoms with Crippen molar-refractivity contribution in [3.63, 3.8) is 0 Å². The highest BCUT2D eigenvalue weighted by Crippen LogP contribution is 2.26. The van der Waals surface area contributed by atoms with Crippen LogP contribution >= 0.6 is 0 Å². The molecule has 0 spiro atoms. The van der Waals surface area contributed by atoms with Crippen LogP contribution in [0.1, 0.15) is 11.3 Å². The number of fused-ring (bicyclic) bond motifs is 3. The Morgan fingerprint density at radius 1 is 1.33 bits per heavy atom. The fourth-order valence-corrected chi connectivity index (χ4v) is 2.66. The summed E-state index contributed by atoms with van der Waals surface area (Å²) in [6.07, 6.45) is 0.561. The van der Waals surface area contributed by atoms with Crippen LogP contribution in [0, 0.1) is 0 Å². The third kappa shape index (κ3) is 2.61. The van der Waals surface area contributed by atoms with E-state index in [1.165, 1.54) is 5.48 Å². The minimum absolute atomic E-state index is 0.242. The summed E-state index contributed by atoms with van der Waals surface area (Å²) in [6.45, 7) is 0.336. The zero-order valence-corrected chi connectivity index (χ0v) is 11.3. The molecule has 3 rings (SSSR count). The first-order chi connectivity index (χ1) is 10.2. The van der Waals surface area contributed by atoms with Crippen molar-refractivity contribution in [1.29, 1.82) is 0 Å². The molecule has 0 unspecified atom stereocenters. The fraction of sp³-hybridized carbons (Fsp3) is 0.286. The molecule has 1 atom stereocenters. The lowest BCUT2D eigenvalue weighted by Crippen LogP contribution is -2.49. The van der Waals surface area contributed by atoms with Gasteiger partial charge in [-0.05, 0) is 18.1 Å². The van der Waals surface area contributed by atoms with Crippen molar-refractivity contribution in [2.75, 3.05) is 6.54 Å². The van der Waals surface area contributed by atoms with E-state index >= 15 is 0 Å². The lowest BCUT2D eigenvalue weighted by molar-refractivity contribution is -0.131. The lowest BCUT2D eigenvalue weighted by Gasteiger charge is -2.23. The number of carbonyl (C=O) groups excluding carboxylic acids is 2. The normalized spacial score (nSPS) is 17.3. The topological polar surface area (TPSA) is 106 Å². The molecule has 1 aliphatic heterocycles. The minimum Gasteiger partial charge on any atom is -0.357 e. The number of rotatable bonds is 3. The number of hydrogen-bond acceptors (Lipinski definition) is 4. The summed E-state index contributed by atoms with van der Waals surface area (Å²) in [4.78, 5) is 26.3. The average molecular weight is 288 g/mol. The van der Waals surface area contributed by atoms with Gasteiger partial charge in [0.05, 0.1) is 12.6 Å². The Labute approximate surface area is 120 Å². The van der Waals surface area contributed by atoms with E-state index < -0.39 is 5.91 Å². The molecule has 0 bridgehead atoms. The largest absolute Gasteiger partial charge is 0.357 e. The van der Waals surface area contributed by atoms with Gasteiger partial charge in [0.25, 0.3) is 5.91 Å². The summed E-state index contributed by atoms with van der Waals surface area (Å²) < 4.78 is 0. The van der Waals surface area contributed by atoms with Gasteiger partial charge in [-0.15, -0.1) is 0 Å². The first-order valence-corrected chi connectivity index (χ1v) is 6.71. The third-order valence-corrected chi connectivity index (χ3v) is 3.70. The molecule has 5 N–H and O–H groups in total. The lowest BCUT2D eigenvalue weighted by atomic mass is 9.98. The zero-order chi connectivity index (χ0) is 14.8. The summed E-state index contributed by atoms with van der Waals surface area (Å²) in [7, 11) is 0. The van der Waals surface area contributed by atoms with Crippen molar-refractivity contribution in [2.45, 2.75) is 19.0 Å². The molecule has 7 heteroatoms. The summed E-state index contributed by atoms with van der Waals surface area (Å²) in [6, 6.07) is 7.59. The summed E-state index contributed by atoms with van der Waals surface area (Å²) in [5, 5.41) is 15.2. The van der Waals surface area contributed by atoms with Gasteiger partial charge in [0, 0.05) is 23.1 Å². The van der Waals surface area contributed by atoms with Crippen LogP contribution < -0.4 is 16.1 Å². The van der Waals surface area contributed by atoms with Crippen LogP contribution in [-0.4, -0.2) is 34.6 Å². The van der Waals surface area contributed by atoms with Crippen LogP contribution in [0.4, 0.5) is 0 Å². The molecule has 1 aromatic heterocycles. The number of carbonyl (C=O) groups is 2. The number of hydroxylamine groups is 1. The molecule has 0 radical (unpaired) electrons. The van der Waals surface area contributed by atoms with Crippen LogP contribution in [0.3, 0.4) is 0 Å². The van der Waals surface area contributed by atoms with Crippen molar-refractivity contribution < 1.29 is 14.8 Å². The maximum absolute atomic E-state index is 12.0. The smallest absolute Gasteiger partial charge is 0.262 e. The predicted molar refractivity (Wildman–Crippen MR) is 75.6 cm³/mol. The van der Waals surface area contributed by atoms with Crippen LogP contribution in [0.5, 0.6) is 0 Å². The van der Waals surface area contributed by atoms with Gasteiger partial charge in [0.2, 0.25) is 5.91 Å². The fourth-order valence-electron chi connectivity index (χ4n) is 2.66. The third-order valence-electron chi connectivity index (χ3n) is 3.70. The van der Waals surface area contributed by atoms with E-state index in [0.29, 0.717) is 13.0 Å². The van der Waals surface area contributed by atoms with Gasteiger partial charge < -0.3 is 10.3 Å². The number of hydrogen-bond donors (Lipinski definition) is 5. The maximum Gasteiger partial charge on any atom is 0.262 e. The SMILES string of the molecule is O=C(CNC(=O)[C@@H]1Cc2c([nH]c3ccccc23)CN1)NO.